The molecule has 8 heteroatoms. The van der Waals surface area contributed by atoms with Gasteiger partial charge < -0.3 is 5.32 Å². The molecule has 1 amide bonds. The number of carbonyl (C=O) groups excluding carboxylic acids is 1. The quantitative estimate of drug-likeness (QED) is 0.634. The third kappa shape index (κ3) is 5.76. The fraction of sp³-hybridized carbons (Fsp3) is 0.409. The maximum absolute atomic E-state index is 12.8. The van der Waals surface area contributed by atoms with E-state index < -0.39 is 10.0 Å². The fourth-order valence-corrected chi connectivity index (χ4v) is 5.59. The maximum Gasteiger partial charge on any atom is 0.223 e. The number of carbonyl (C=O) groups is 1. The Kier molecular flexibility index (Phi) is 7.80. The number of hydrogen-bond acceptors (Lipinski definition) is 3. The predicted octanol–water partition coefficient (Wildman–Crippen LogP) is 4.80. The van der Waals surface area contributed by atoms with Crippen LogP contribution < -0.4 is 5.32 Å². The minimum Gasteiger partial charge on any atom is -0.349 e. The van der Waals surface area contributed by atoms with Crippen LogP contribution in [0.5, 0.6) is 0 Å². The highest BCUT2D eigenvalue weighted by atomic mass is 35.5. The number of sulfonamides is 1. The van der Waals surface area contributed by atoms with E-state index in [0.29, 0.717) is 41.5 Å². The molecule has 0 aromatic heterocycles. The molecule has 1 aliphatic rings. The van der Waals surface area contributed by atoms with Gasteiger partial charge in [0.15, 0.2) is 0 Å². The summed E-state index contributed by atoms with van der Waals surface area (Å²) in [5, 5.41) is 3.85. The predicted molar refractivity (Wildman–Crippen MR) is 121 cm³/mol. The lowest BCUT2D eigenvalue weighted by molar-refractivity contribution is -0.126. The highest BCUT2D eigenvalue weighted by Gasteiger charge is 2.32. The monoisotopic (exact) mass is 468 g/mol. The molecular formula is C22H26Cl2N2O3S. The van der Waals surface area contributed by atoms with Gasteiger partial charge in [0, 0.05) is 19.0 Å². The summed E-state index contributed by atoms with van der Waals surface area (Å²) in [7, 11) is -3.49. The fourth-order valence-electron chi connectivity index (χ4n) is 3.72. The van der Waals surface area contributed by atoms with E-state index in [9.17, 15) is 13.2 Å². The van der Waals surface area contributed by atoms with Crippen LogP contribution in [-0.2, 0) is 20.6 Å². The summed E-state index contributed by atoms with van der Waals surface area (Å²) < 4.78 is 27.0. The third-order valence-electron chi connectivity index (χ3n) is 5.48. The molecule has 0 saturated carbocycles. The first-order chi connectivity index (χ1) is 14.3. The third-order valence-corrected chi connectivity index (χ3v) is 8.07. The van der Waals surface area contributed by atoms with Gasteiger partial charge in [-0.2, -0.15) is 0 Å². The van der Waals surface area contributed by atoms with Crippen molar-refractivity contribution in [3.8, 4) is 0 Å². The van der Waals surface area contributed by atoms with Crippen molar-refractivity contribution in [2.75, 3.05) is 13.1 Å². The standard InChI is InChI=1S/C22H26Cl2N2O3S/c1-2-21(17-6-4-3-5-7-17)25-22(27)18-10-12-26(13-11-18)30(28,29)15-16-8-9-19(23)20(24)14-16/h3-9,14,18,21H,2,10-13,15H2,1H3,(H,25,27)/t21-/m1/s1. The van der Waals surface area contributed by atoms with E-state index in [0.717, 1.165) is 12.0 Å². The molecule has 30 heavy (non-hydrogen) atoms. The zero-order valence-electron chi connectivity index (χ0n) is 16.9. The van der Waals surface area contributed by atoms with Crippen molar-refractivity contribution < 1.29 is 13.2 Å². The van der Waals surface area contributed by atoms with Crippen molar-refractivity contribution in [2.24, 2.45) is 5.92 Å². The van der Waals surface area contributed by atoms with Crippen LogP contribution in [0.3, 0.4) is 0 Å². The van der Waals surface area contributed by atoms with Crippen molar-refractivity contribution in [1.82, 2.24) is 9.62 Å². The van der Waals surface area contributed by atoms with E-state index in [-0.39, 0.29) is 23.6 Å². The zero-order valence-corrected chi connectivity index (χ0v) is 19.2. The Hall–Kier alpha value is -1.60. The second kappa shape index (κ2) is 10.1. The zero-order chi connectivity index (χ0) is 21.7. The molecule has 1 heterocycles. The van der Waals surface area contributed by atoms with Gasteiger partial charge in [-0.05, 0) is 42.5 Å². The molecule has 2 aromatic carbocycles. The van der Waals surface area contributed by atoms with Crippen LogP contribution in [0.15, 0.2) is 48.5 Å². The maximum atomic E-state index is 12.8. The molecule has 3 rings (SSSR count). The average molecular weight is 469 g/mol. The Labute approximate surface area is 188 Å². The van der Waals surface area contributed by atoms with Crippen molar-refractivity contribution in [1.29, 1.82) is 0 Å². The summed E-state index contributed by atoms with van der Waals surface area (Å²) >= 11 is 11.9. The molecule has 162 valence electrons. The summed E-state index contributed by atoms with van der Waals surface area (Å²) in [5.41, 5.74) is 1.67. The van der Waals surface area contributed by atoms with Crippen LogP contribution in [0.25, 0.3) is 0 Å². The van der Waals surface area contributed by atoms with Crippen LogP contribution in [-0.4, -0.2) is 31.7 Å². The first-order valence-corrected chi connectivity index (χ1v) is 12.4. The Morgan fingerprint density at radius 2 is 1.77 bits per heavy atom. The van der Waals surface area contributed by atoms with Gasteiger partial charge in [0.05, 0.1) is 21.8 Å². The van der Waals surface area contributed by atoms with Gasteiger partial charge >= 0.3 is 0 Å². The van der Waals surface area contributed by atoms with Gasteiger partial charge in [-0.25, -0.2) is 12.7 Å². The molecule has 1 N–H and O–H groups in total. The number of nitrogens with one attached hydrogen (secondary N) is 1. The molecular weight excluding hydrogens is 443 g/mol. The number of halogens is 2. The number of nitrogens with zero attached hydrogens (tertiary/aromatic N) is 1. The van der Waals surface area contributed by atoms with E-state index in [1.54, 1.807) is 18.2 Å². The SMILES string of the molecule is CC[C@@H](NC(=O)C1CCN(S(=O)(=O)Cc2ccc(Cl)c(Cl)c2)CC1)c1ccccc1. The van der Waals surface area contributed by atoms with Crippen LogP contribution in [0.1, 0.15) is 43.4 Å². The van der Waals surface area contributed by atoms with Gasteiger partial charge in [-0.3, -0.25) is 4.79 Å². The normalized spacial score (nSPS) is 16.9. The highest BCUT2D eigenvalue weighted by Crippen LogP contribution is 2.26. The number of hydrogen-bond donors (Lipinski definition) is 1. The van der Waals surface area contributed by atoms with E-state index in [2.05, 4.69) is 5.32 Å². The Bertz CT molecular complexity index is 975. The smallest absolute Gasteiger partial charge is 0.223 e. The van der Waals surface area contributed by atoms with Gasteiger partial charge in [-0.1, -0.05) is 66.5 Å². The largest absolute Gasteiger partial charge is 0.349 e. The van der Waals surface area contributed by atoms with Crippen LogP contribution in [0.2, 0.25) is 10.0 Å². The molecule has 5 nitrogen and oxygen atoms in total. The van der Waals surface area contributed by atoms with Gasteiger partial charge in [0.1, 0.15) is 0 Å². The molecule has 0 aliphatic carbocycles. The molecule has 0 unspecified atom stereocenters. The van der Waals surface area contributed by atoms with Crippen LogP contribution in [0, 0.1) is 5.92 Å². The summed E-state index contributed by atoms with van der Waals surface area (Å²) in [6.45, 7) is 2.71. The minimum absolute atomic E-state index is 0.00719. The van der Waals surface area contributed by atoms with Crippen molar-refractivity contribution in [3.05, 3.63) is 69.7 Å². The average Bonchev–Trinajstić information content (AvgIpc) is 2.75. The van der Waals surface area contributed by atoms with E-state index in [1.165, 1.54) is 4.31 Å². The summed E-state index contributed by atoms with van der Waals surface area (Å²) in [4.78, 5) is 12.8. The molecule has 1 aliphatic heterocycles. The van der Waals surface area contributed by atoms with Crippen LogP contribution >= 0.6 is 23.2 Å². The first kappa shape index (κ1) is 23.1. The second-order valence-corrected chi connectivity index (χ2v) is 10.3. The van der Waals surface area contributed by atoms with Crippen molar-refractivity contribution >= 4 is 39.1 Å². The van der Waals surface area contributed by atoms with E-state index >= 15 is 0 Å². The molecule has 0 radical (unpaired) electrons. The Morgan fingerprint density at radius 1 is 1.10 bits per heavy atom. The number of amides is 1. The Morgan fingerprint density at radius 3 is 2.37 bits per heavy atom. The minimum atomic E-state index is -3.49. The van der Waals surface area contributed by atoms with Crippen molar-refractivity contribution in [2.45, 2.75) is 38.0 Å². The van der Waals surface area contributed by atoms with Crippen molar-refractivity contribution in [3.63, 3.8) is 0 Å². The lowest BCUT2D eigenvalue weighted by Crippen LogP contribution is -2.44. The van der Waals surface area contributed by atoms with Gasteiger partial charge in [0.25, 0.3) is 0 Å². The number of rotatable bonds is 7. The summed E-state index contributed by atoms with van der Waals surface area (Å²) in [5.74, 6) is -0.321. The summed E-state index contributed by atoms with van der Waals surface area (Å²) in [6, 6.07) is 14.7. The molecule has 1 fully saturated rings. The van der Waals surface area contributed by atoms with Gasteiger partial charge in [0.2, 0.25) is 15.9 Å². The second-order valence-electron chi connectivity index (χ2n) is 7.56. The van der Waals surface area contributed by atoms with E-state index in [4.69, 9.17) is 23.2 Å². The molecule has 2 aromatic rings. The summed E-state index contributed by atoms with van der Waals surface area (Å²) in [6.07, 6.45) is 1.82. The lowest BCUT2D eigenvalue weighted by Gasteiger charge is -2.31. The lowest BCUT2D eigenvalue weighted by atomic mass is 9.96. The number of piperidine rings is 1. The first-order valence-electron chi connectivity index (χ1n) is 10.1. The molecule has 1 atom stereocenters. The topological polar surface area (TPSA) is 66.5 Å². The molecule has 1 saturated heterocycles. The van der Waals surface area contributed by atoms with Crippen LogP contribution in [0.4, 0.5) is 0 Å². The van der Waals surface area contributed by atoms with Gasteiger partial charge in [-0.15, -0.1) is 0 Å². The van der Waals surface area contributed by atoms with E-state index in [1.807, 2.05) is 37.3 Å². The molecule has 0 spiro atoms. The highest BCUT2D eigenvalue weighted by molar-refractivity contribution is 7.88. The molecule has 0 bridgehead atoms. The number of benzene rings is 2. The Balaban J connectivity index is 1.56.